The molecule has 19 heavy (non-hydrogen) atoms. The summed E-state index contributed by atoms with van der Waals surface area (Å²) in [7, 11) is 0. The second-order valence-electron chi connectivity index (χ2n) is 5.61. The third kappa shape index (κ3) is 2.87. The molecule has 0 radical (unpaired) electrons. The van der Waals surface area contributed by atoms with E-state index in [-0.39, 0.29) is 24.0 Å². The maximum atomic E-state index is 12.8. The van der Waals surface area contributed by atoms with Crippen LogP contribution in [0, 0.1) is 0 Å². The zero-order valence-corrected chi connectivity index (χ0v) is 13.6. The molecule has 1 aliphatic rings. The highest BCUT2D eigenvalue weighted by Crippen LogP contribution is 2.23. The van der Waals surface area contributed by atoms with E-state index < -0.39 is 0 Å². The van der Waals surface area contributed by atoms with Crippen molar-refractivity contribution in [3.63, 3.8) is 0 Å². The van der Waals surface area contributed by atoms with E-state index in [4.69, 9.17) is 0 Å². The number of halogens is 1. The second kappa shape index (κ2) is 5.67. The number of amides is 1. The van der Waals surface area contributed by atoms with E-state index in [9.17, 15) is 4.79 Å². The van der Waals surface area contributed by atoms with Gasteiger partial charge >= 0.3 is 0 Å². The van der Waals surface area contributed by atoms with Crippen LogP contribution in [0.4, 0.5) is 0 Å². The van der Waals surface area contributed by atoms with Gasteiger partial charge in [0.2, 0.25) is 0 Å². The molecule has 4 nitrogen and oxygen atoms in total. The lowest BCUT2D eigenvalue weighted by Crippen LogP contribution is -2.57. The minimum atomic E-state index is 0.126. The molecule has 0 saturated carbocycles. The van der Waals surface area contributed by atoms with E-state index in [0.29, 0.717) is 0 Å². The number of hydrogen-bond acceptors (Lipinski definition) is 2. The minimum Gasteiger partial charge on any atom is -0.340 e. The number of carbonyl (C=O) groups is 1. The van der Waals surface area contributed by atoms with Crippen LogP contribution in [0.3, 0.4) is 0 Å². The number of piperazine rings is 1. The average Bonchev–Trinajstić information content (AvgIpc) is 2.71. The fourth-order valence-corrected chi connectivity index (χ4v) is 3.15. The third-order valence-corrected chi connectivity index (χ3v) is 4.09. The van der Waals surface area contributed by atoms with E-state index in [1.807, 2.05) is 21.7 Å². The molecule has 0 bridgehead atoms. The lowest BCUT2D eigenvalue weighted by Gasteiger charge is -2.39. The number of nitrogens with zero attached hydrogens (tertiary/aromatic N) is 2. The first-order valence-corrected chi connectivity index (χ1v) is 7.62. The first-order valence-electron chi connectivity index (χ1n) is 6.82. The van der Waals surface area contributed by atoms with Crippen LogP contribution in [-0.4, -0.2) is 40.5 Å². The maximum absolute atomic E-state index is 12.8. The molecule has 2 heterocycles. The van der Waals surface area contributed by atoms with Crippen molar-refractivity contribution in [2.24, 2.45) is 0 Å². The summed E-state index contributed by atoms with van der Waals surface area (Å²) in [5.74, 6) is 0.126. The normalized spacial score (nSPS) is 24.0. The Morgan fingerprint density at radius 3 is 2.47 bits per heavy atom. The summed E-state index contributed by atoms with van der Waals surface area (Å²) in [4.78, 5) is 14.8. The Kier molecular flexibility index (Phi) is 4.36. The fraction of sp³-hybridized carbons (Fsp3) is 0.643. The number of carbonyl (C=O) groups excluding carboxylic acids is 1. The molecule has 0 spiro atoms. The third-order valence-electron chi connectivity index (χ3n) is 3.65. The molecule has 0 aromatic carbocycles. The summed E-state index contributed by atoms with van der Waals surface area (Å²) in [6.07, 6.45) is 1.98. The highest BCUT2D eigenvalue weighted by atomic mass is 79.9. The molecule has 1 amide bonds. The molecule has 106 valence electrons. The van der Waals surface area contributed by atoms with Gasteiger partial charge in [0.25, 0.3) is 5.91 Å². The Labute approximate surface area is 123 Å². The first kappa shape index (κ1) is 14.6. The molecule has 2 atom stereocenters. The number of nitrogens with one attached hydrogen (secondary N) is 1. The Bertz CT molecular complexity index is 459. The Balaban J connectivity index is 2.33. The van der Waals surface area contributed by atoms with Crippen molar-refractivity contribution in [1.29, 1.82) is 0 Å². The minimum absolute atomic E-state index is 0.126. The Hall–Kier alpha value is -0.810. The van der Waals surface area contributed by atoms with Crippen molar-refractivity contribution in [3.05, 3.63) is 22.4 Å². The van der Waals surface area contributed by atoms with Crippen molar-refractivity contribution in [2.45, 2.75) is 45.8 Å². The van der Waals surface area contributed by atoms with Crippen molar-refractivity contribution >= 4 is 21.8 Å². The van der Waals surface area contributed by atoms with Crippen LogP contribution in [-0.2, 0) is 0 Å². The van der Waals surface area contributed by atoms with E-state index in [1.165, 1.54) is 0 Å². The van der Waals surface area contributed by atoms with Crippen molar-refractivity contribution in [2.75, 3.05) is 13.1 Å². The highest BCUT2D eigenvalue weighted by Gasteiger charge is 2.31. The van der Waals surface area contributed by atoms with Gasteiger partial charge in [-0.1, -0.05) is 0 Å². The maximum Gasteiger partial charge on any atom is 0.271 e. The number of hydrogen-bond donors (Lipinski definition) is 1. The highest BCUT2D eigenvalue weighted by molar-refractivity contribution is 9.10. The van der Waals surface area contributed by atoms with Gasteiger partial charge in [0.1, 0.15) is 5.69 Å². The largest absolute Gasteiger partial charge is 0.340 e. The van der Waals surface area contributed by atoms with Crippen LogP contribution in [0.15, 0.2) is 16.7 Å². The predicted octanol–water partition coefficient (Wildman–Crippen LogP) is 2.65. The number of aromatic nitrogens is 1. The van der Waals surface area contributed by atoms with Crippen LogP contribution < -0.4 is 5.32 Å². The van der Waals surface area contributed by atoms with Crippen LogP contribution >= 0.6 is 15.9 Å². The molecule has 0 aliphatic carbocycles. The smallest absolute Gasteiger partial charge is 0.271 e. The van der Waals surface area contributed by atoms with Crippen LogP contribution in [0.2, 0.25) is 0 Å². The summed E-state index contributed by atoms with van der Waals surface area (Å²) >= 11 is 3.47. The first-order chi connectivity index (χ1) is 8.91. The molecule has 1 aliphatic heterocycles. The van der Waals surface area contributed by atoms with E-state index >= 15 is 0 Å². The van der Waals surface area contributed by atoms with Gasteiger partial charge in [-0.3, -0.25) is 4.79 Å². The standard InChI is InChI=1S/C14H22BrN3O/c1-9(2)17-8-12(15)5-13(17)14(19)18-10(3)6-16-7-11(18)4/h5,8-11,16H,6-7H2,1-4H3. The molecule has 2 unspecified atom stereocenters. The SMILES string of the molecule is CC1CNCC(C)N1C(=O)c1cc(Br)cn1C(C)C. The molecule has 1 fully saturated rings. The lowest BCUT2D eigenvalue weighted by molar-refractivity contribution is 0.0531. The van der Waals surface area contributed by atoms with Gasteiger partial charge < -0.3 is 14.8 Å². The van der Waals surface area contributed by atoms with Crippen molar-refractivity contribution < 1.29 is 4.79 Å². The zero-order valence-electron chi connectivity index (χ0n) is 12.0. The topological polar surface area (TPSA) is 37.3 Å². The molecule has 1 saturated heterocycles. The Morgan fingerprint density at radius 1 is 1.37 bits per heavy atom. The fourth-order valence-electron chi connectivity index (χ4n) is 2.71. The predicted molar refractivity (Wildman–Crippen MR) is 80.5 cm³/mol. The van der Waals surface area contributed by atoms with E-state index in [0.717, 1.165) is 23.3 Å². The van der Waals surface area contributed by atoms with Gasteiger partial charge in [0.15, 0.2) is 0 Å². The zero-order chi connectivity index (χ0) is 14.2. The van der Waals surface area contributed by atoms with Gasteiger partial charge in [0, 0.05) is 41.9 Å². The summed E-state index contributed by atoms with van der Waals surface area (Å²) in [6.45, 7) is 10.1. The lowest BCUT2D eigenvalue weighted by atomic mass is 10.1. The summed E-state index contributed by atoms with van der Waals surface area (Å²) in [5, 5.41) is 3.35. The quantitative estimate of drug-likeness (QED) is 0.906. The second-order valence-corrected chi connectivity index (χ2v) is 6.53. The summed E-state index contributed by atoms with van der Waals surface area (Å²) in [5.41, 5.74) is 0.766. The average molecular weight is 328 g/mol. The molecular weight excluding hydrogens is 306 g/mol. The number of rotatable bonds is 2. The molecule has 1 aromatic heterocycles. The van der Waals surface area contributed by atoms with E-state index in [2.05, 4.69) is 48.9 Å². The van der Waals surface area contributed by atoms with Crippen LogP contribution in [0.25, 0.3) is 0 Å². The molecule has 1 N–H and O–H groups in total. The molecule has 2 rings (SSSR count). The Morgan fingerprint density at radius 2 is 1.95 bits per heavy atom. The van der Waals surface area contributed by atoms with Crippen molar-refractivity contribution in [3.8, 4) is 0 Å². The summed E-state index contributed by atoms with van der Waals surface area (Å²) in [6, 6.07) is 2.65. The van der Waals surface area contributed by atoms with Gasteiger partial charge in [-0.25, -0.2) is 0 Å². The van der Waals surface area contributed by atoms with Crippen molar-refractivity contribution in [1.82, 2.24) is 14.8 Å². The van der Waals surface area contributed by atoms with Gasteiger partial charge in [-0.05, 0) is 49.7 Å². The van der Waals surface area contributed by atoms with Gasteiger partial charge in [-0.2, -0.15) is 0 Å². The monoisotopic (exact) mass is 327 g/mol. The molecule has 5 heteroatoms. The molecule has 1 aromatic rings. The molecular formula is C14H22BrN3O. The summed E-state index contributed by atoms with van der Waals surface area (Å²) < 4.78 is 2.99. The van der Waals surface area contributed by atoms with Crippen LogP contribution in [0.5, 0.6) is 0 Å². The van der Waals surface area contributed by atoms with Crippen LogP contribution in [0.1, 0.15) is 44.2 Å². The van der Waals surface area contributed by atoms with Gasteiger partial charge in [-0.15, -0.1) is 0 Å². The van der Waals surface area contributed by atoms with E-state index in [1.54, 1.807) is 0 Å². The van der Waals surface area contributed by atoms with Gasteiger partial charge in [0.05, 0.1) is 0 Å².